The van der Waals surface area contributed by atoms with Gasteiger partial charge in [-0.05, 0) is 15.9 Å². The minimum absolute atomic E-state index is 0.765. The Morgan fingerprint density at radius 2 is 0.452 bits per heavy atom. The van der Waals surface area contributed by atoms with E-state index in [-0.39, 0.29) is 0 Å². The van der Waals surface area contributed by atoms with Crippen molar-refractivity contribution >= 4 is 15.9 Å². The van der Waals surface area contributed by atoms with Crippen LogP contribution in [0, 0.1) is 0 Å². The van der Waals surface area contributed by atoms with Crippen molar-refractivity contribution < 1.29 is 119 Å². The van der Waals surface area contributed by atoms with Gasteiger partial charge in [0.15, 0.2) is 0 Å². The molecule has 2 aliphatic rings. The van der Waals surface area contributed by atoms with Gasteiger partial charge < -0.3 is 0 Å². The molecule has 2 saturated carbocycles. The van der Waals surface area contributed by atoms with E-state index >= 15 is 0 Å². The predicted molar refractivity (Wildman–Crippen MR) is 77.1 cm³/mol. The number of halogens is 28. The lowest BCUT2D eigenvalue weighted by atomic mass is 9.54. The predicted octanol–water partition coefficient (Wildman–Crippen LogP) is 9.32. The average molecular weight is 761 g/mol. The number of alkyl halides is 28. The van der Waals surface area contributed by atoms with Gasteiger partial charge in [0.2, 0.25) is 0 Å². The second kappa shape index (κ2) is 8.64. The lowest BCUT2D eigenvalue weighted by Crippen LogP contribution is -2.98. The SMILES string of the molecule is FC(F)(F)C(F)(F)C(F)(F)C(F)(F)Br.FC1(F)C(F)(F)C(F)(F)C2(F)C(F)(F)C(F)(F)C(F)(F)C(F)(F)C2(F)C1(F)F. The van der Waals surface area contributed by atoms with Crippen molar-refractivity contribution in [2.45, 2.75) is 81.6 Å². The normalized spacial score (nSPS) is 34.0. The van der Waals surface area contributed by atoms with E-state index in [1.54, 1.807) is 0 Å². The maximum Gasteiger partial charge on any atom is 0.460 e. The first kappa shape index (κ1) is 38.6. The van der Waals surface area contributed by atoms with Gasteiger partial charge >= 0.3 is 70.2 Å². The van der Waals surface area contributed by atoms with Crippen molar-refractivity contribution in [2.24, 2.45) is 0 Å². The van der Waals surface area contributed by atoms with E-state index in [9.17, 15) is 119 Å². The molecular formula is C14BrF27. The van der Waals surface area contributed by atoms with Gasteiger partial charge in [0.25, 0.3) is 11.3 Å². The van der Waals surface area contributed by atoms with E-state index in [2.05, 4.69) is 0 Å². The Kier molecular flexibility index (Phi) is 7.95. The first-order valence-corrected chi connectivity index (χ1v) is 9.58. The van der Waals surface area contributed by atoms with E-state index in [1.807, 2.05) is 0 Å². The molecule has 0 saturated heterocycles. The van der Waals surface area contributed by atoms with Gasteiger partial charge in [-0.1, -0.05) is 0 Å². The van der Waals surface area contributed by atoms with Crippen LogP contribution in [-0.4, -0.2) is 81.6 Å². The third-order valence-corrected chi connectivity index (χ3v) is 6.18. The van der Waals surface area contributed by atoms with Crippen molar-refractivity contribution in [1.29, 1.82) is 0 Å². The van der Waals surface area contributed by atoms with E-state index in [0.29, 0.717) is 0 Å². The summed E-state index contributed by atoms with van der Waals surface area (Å²) in [4.78, 5) is -5.65. The van der Waals surface area contributed by atoms with Crippen molar-refractivity contribution in [2.75, 3.05) is 0 Å². The van der Waals surface area contributed by atoms with Crippen LogP contribution >= 0.6 is 15.9 Å². The molecule has 252 valence electrons. The van der Waals surface area contributed by atoms with E-state index in [4.69, 9.17) is 0 Å². The summed E-state index contributed by atoms with van der Waals surface area (Å²) in [5.74, 6) is -80.2. The Hall–Kier alpha value is -1.41. The highest BCUT2D eigenvalue weighted by molar-refractivity contribution is 9.10. The maximum absolute atomic E-state index is 14.2. The molecule has 0 aromatic carbocycles. The van der Waals surface area contributed by atoms with Crippen LogP contribution < -0.4 is 0 Å². The summed E-state index contributed by atoms with van der Waals surface area (Å²) in [5.41, 5.74) is -17.3. The van der Waals surface area contributed by atoms with E-state index in [1.165, 1.54) is 0 Å². The molecule has 0 N–H and O–H groups in total. The minimum atomic E-state index is -8.64. The van der Waals surface area contributed by atoms with E-state index < -0.39 is 81.6 Å². The van der Waals surface area contributed by atoms with E-state index in [0.717, 1.165) is 15.9 Å². The molecule has 0 amide bonds. The Labute approximate surface area is 217 Å². The zero-order valence-electron chi connectivity index (χ0n) is 17.6. The highest BCUT2D eigenvalue weighted by atomic mass is 79.9. The van der Waals surface area contributed by atoms with Gasteiger partial charge in [0, 0.05) is 0 Å². The van der Waals surface area contributed by atoms with Crippen LogP contribution in [0.3, 0.4) is 0 Å². The van der Waals surface area contributed by atoms with Gasteiger partial charge in [-0.15, -0.1) is 0 Å². The molecule has 0 aliphatic heterocycles. The molecule has 2 fully saturated rings. The third-order valence-electron chi connectivity index (χ3n) is 5.68. The quantitative estimate of drug-likeness (QED) is 0.195. The van der Waals surface area contributed by atoms with Crippen molar-refractivity contribution in [3.05, 3.63) is 0 Å². The summed E-state index contributed by atoms with van der Waals surface area (Å²) in [6.45, 7) is 0. The second-order valence-electron chi connectivity index (χ2n) is 8.06. The van der Waals surface area contributed by atoms with Crippen LogP contribution in [0.1, 0.15) is 0 Å². The summed E-state index contributed by atoms with van der Waals surface area (Å²) in [5, 5.41) is 0. The van der Waals surface area contributed by atoms with Crippen LogP contribution in [-0.2, 0) is 0 Å². The van der Waals surface area contributed by atoms with Crippen LogP contribution in [0.4, 0.5) is 119 Å². The minimum Gasteiger partial charge on any atom is -0.226 e. The largest absolute Gasteiger partial charge is 0.460 e. The third kappa shape index (κ3) is 3.51. The number of hydrogen-bond donors (Lipinski definition) is 0. The lowest BCUT2D eigenvalue weighted by Gasteiger charge is -2.63. The standard InChI is InChI=1S/C10F18.C4BrF9/c11-1-2(12,5(17,18)9(25,26)7(21,22)3(1,13)14)6(19,20)10(27,28)8(23,24)4(1,15)16;5-3(10,11)1(6,7)2(8,9)4(12,13)14. The highest BCUT2D eigenvalue weighted by Crippen LogP contribution is 2.81. The summed E-state index contributed by atoms with van der Waals surface area (Å²) >= 11 is 0.765. The van der Waals surface area contributed by atoms with Crippen molar-refractivity contribution in [3.8, 4) is 0 Å². The van der Waals surface area contributed by atoms with Gasteiger partial charge in [-0.25, -0.2) is 8.78 Å². The zero-order chi connectivity index (χ0) is 35.0. The number of hydrogen-bond acceptors (Lipinski definition) is 0. The molecule has 0 nitrogen and oxygen atoms in total. The van der Waals surface area contributed by atoms with Crippen LogP contribution in [0.2, 0.25) is 0 Å². The molecule has 0 unspecified atom stereocenters. The average Bonchev–Trinajstić information content (AvgIpc) is 2.73. The molecule has 0 spiro atoms. The Bertz CT molecular complexity index is 920. The first-order chi connectivity index (χ1) is 17.5. The molecule has 0 aromatic rings. The van der Waals surface area contributed by atoms with Crippen LogP contribution in [0.5, 0.6) is 0 Å². The van der Waals surface area contributed by atoms with Crippen LogP contribution in [0.15, 0.2) is 0 Å². The van der Waals surface area contributed by atoms with Crippen molar-refractivity contribution in [3.63, 3.8) is 0 Å². The highest BCUT2D eigenvalue weighted by Gasteiger charge is 3.15. The van der Waals surface area contributed by atoms with Crippen molar-refractivity contribution in [1.82, 2.24) is 0 Å². The summed E-state index contributed by atoms with van der Waals surface area (Å²) < 4.78 is 345. The lowest BCUT2D eigenvalue weighted by molar-refractivity contribution is -0.560. The summed E-state index contributed by atoms with van der Waals surface area (Å²) in [6.07, 6.45) is -6.76. The molecule has 42 heavy (non-hydrogen) atoms. The molecular weight excluding hydrogens is 761 g/mol. The molecule has 0 heterocycles. The topological polar surface area (TPSA) is 0 Å². The monoisotopic (exact) mass is 760 g/mol. The van der Waals surface area contributed by atoms with Gasteiger partial charge in [-0.2, -0.15) is 110 Å². The molecule has 0 bridgehead atoms. The second-order valence-corrected chi connectivity index (χ2v) is 9.05. The molecule has 2 rings (SSSR count). The van der Waals surface area contributed by atoms with Crippen LogP contribution in [0.25, 0.3) is 0 Å². The zero-order valence-corrected chi connectivity index (χ0v) is 19.2. The fraction of sp³-hybridized carbons (Fsp3) is 1.00. The Morgan fingerprint density at radius 1 is 0.286 bits per heavy atom. The smallest absolute Gasteiger partial charge is 0.226 e. The fourth-order valence-corrected chi connectivity index (χ4v) is 3.52. The Morgan fingerprint density at radius 3 is 0.548 bits per heavy atom. The number of fused-ring (bicyclic) bond motifs is 1. The summed E-state index contributed by atoms with van der Waals surface area (Å²) in [7, 11) is 0. The number of rotatable bonds is 2. The molecule has 0 aromatic heterocycles. The molecule has 2 aliphatic carbocycles. The van der Waals surface area contributed by atoms with Gasteiger partial charge in [0.1, 0.15) is 0 Å². The van der Waals surface area contributed by atoms with Gasteiger partial charge in [-0.3, -0.25) is 0 Å². The molecule has 0 radical (unpaired) electrons. The molecule has 0 atom stereocenters. The summed E-state index contributed by atoms with van der Waals surface area (Å²) in [6, 6.07) is 0. The fourth-order valence-electron chi connectivity index (χ4n) is 3.27. The van der Waals surface area contributed by atoms with Gasteiger partial charge in [0.05, 0.1) is 0 Å². The Balaban J connectivity index is 0.000000532. The first-order valence-electron chi connectivity index (χ1n) is 8.79. The molecule has 28 heteroatoms. The maximum atomic E-state index is 14.2.